The maximum Gasteiger partial charge on any atom is 0.0230 e. The maximum atomic E-state index is 5.45. The number of nitrogens with zero attached hydrogens (tertiary/aromatic N) is 1. The van der Waals surface area contributed by atoms with Crippen molar-refractivity contribution in [1.82, 2.24) is 4.90 Å². The van der Waals surface area contributed by atoms with E-state index < -0.39 is 0 Å². The van der Waals surface area contributed by atoms with E-state index in [4.69, 9.17) is 5.73 Å². The maximum absolute atomic E-state index is 5.45. The molecule has 0 bridgehead atoms. The summed E-state index contributed by atoms with van der Waals surface area (Å²) in [6.45, 7) is 2.97. The fourth-order valence-corrected chi connectivity index (χ4v) is 1.50. The largest absolute Gasteiger partial charge is 0.330 e. The van der Waals surface area contributed by atoms with Crippen molar-refractivity contribution < 1.29 is 0 Å². The average Bonchev–Trinajstić information content (AvgIpc) is 2.20. The molecule has 1 rings (SSSR count). The molecule has 0 aliphatic heterocycles. The van der Waals surface area contributed by atoms with E-state index in [2.05, 4.69) is 42.3 Å². The summed E-state index contributed by atoms with van der Waals surface area (Å²) < 4.78 is 0. The van der Waals surface area contributed by atoms with E-state index >= 15 is 0 Å². The molecule has 2 N–H and O–H groups in total. The van der Waals surface area contributed by atoms with Crippen molar-refractivity contribution >= 4 is 24.8 Å². The van der Waals surface area contributed by atoms with E-state index in [1.165, 1.54) is 12.0 Å². The van der Waals surface area contributed by atoms with E-state index in [9.17, 15) is 0 Å². The first-order valence-corrected chi connectivity index (χ1v) is 5.25. The van der Waals surface area contributed by atoms with Crippen LogP contribution in [0.15, 0.2) is 30.3 Å². The van der Waals surface area contributed by atoms with Crippen molar-refractivity contribution in [1.29, 1.82) is 0 Å². The van der Waals surface area contributed by atoms with Crippen molar-refractivity contribution in [2.75, 3.05) is 20.1 Å². The van der Waals surface area contributed by atoms with Gasteiger partial charge in [0.25, 0.3) is 0 Å². The van der Waals surface area contributed by atoms with Crippen LogP contribution in [0.2, 0.25) is 0 Å². The minimum atomic E-state index is 0. The summed E-state index contributed by atoms with van der Waals surface area (Å²) in [5, 5.41) is 0. The minimum absolute atomic E-state index is 0. The monoisotopic (exact) mass is 264 g/mol. The van der Waals surface area contributed by atoms with Crippen molar-refractivity contribution in [3.8, 4) is 0 Å². The Hall–Kier alpha value is -0.280. The van der Waals surface area contributed by atoms with Gasteiger partial charge in [-0.1, -0.05) is 30.3 Å². The standard InChI is InChI=1S/C12H20N2.2ClH/c1-14(10-6-5-9-13)11-12-7-3-2-4-8-12;;/h2-4,7-8H,5-6,9-11,13H2,1H3;2*1H. The Morgan fingerprint density at radius 1 is 1.06 bits per heavy atom. The lowest BCUT2D eigenvalue weighted by molar-refractivity contribution is 0.319. The lowest BCUT2D eigenvalue weighted by Crippen LogP contribution is -2.19. The third-order valence-corrected chi connectivity index (χ3v) is 2.29. The van der Waals surface area contributed by atoms with E-state index in [1.807, 2.05) is 0 Å². The summed E-state index contributed by atoms with van der Waals surface area (Å²) in [5.41, 5.74) is 6.83. The van der Waals surface area contributed by atoms with E-state index in [1.54, 1.807) is 0 Å². The topological polar surface area (TPSA) is 29.3 Å². The molecule has 1 aromatic carbocycles. The number of hydrogen-bond donors (Lipinski definition) is 1. The fraction of sp³-hybridized carbons (Fsp3) is 0.500. The number of nitrogens with two attached hydrogens (primary N) is 1. The molecule has 0 amide bonds. The Labute approximate surface area is 111 Å². The second-order valence-electron chi connectivity index (χ2n) is 3.72. The molecule has 1 aromatic rings. The van der Waals surface area contributed by atoms with Crippen LogP contribution in [0.5, 0.6) is 0 Å². The Bertz CT molecular complexity index is 242. The van der Waals surface area contributed by atoms with Gasteiger partial charge in [0.15, 0.2) is 0 Å². The summed E-state index contributed by atoms with van der Waals surface area (Å²) in [7, 11) is 2.16. The lowest BCUT2D eigenvalue weighted by atomic mass is 10.2. The van der Waals surface area contributed by atoms with Crippen LogP contribution in [0.3, 0.4) is 0 Å². The molecule has 0 aliphatic carbocycles. The van der Waals surface area contributed by atoms with Crippen molar-refractivity contribution in [3.63, 3.8) is 0 Å². The summed E-state index contributed by atoms with van der Waals surface area (Å²) in [6, 6.07) is 10.6. The van der Waals surface area contributed by atoms with Crippen LogP contribution < -0.4 is 5.73 Å². The summed E-state index contributed by atoms with van der Waals surface area (Å²) in [5.74, 6) is 0. The smallest absolute Gasteiger partial charge is 0.0230 e. The zero-order chi connectivity index (χ0) is 10.2. The summed E-state index contributed by atoms with van der Waals surface area (Å²) >= 11 is 0. The first-order chi connectivity index (χ1) is 6.83. The van der Waals surface area contributed by atoms with Crippen LogP contribution in [-0.4, -0.2) is 25.0 Å². The second kappa shape index (κ2) is 11.2. The van der Waals surface area contributed by atoms with E-state index in [0.717, 1.165) is 26.1 Å². The van der Waals surface area contributed by atoms with Gasteiger partial charge in [-0.2, -0.15) is 0 Å². The molecule has 0 fully saturated rings. The molecule has 0 aromatic heterocycles. The van der Waals surface area contributed by atoms with Gasteiger partial charge in [-0.25, -0.2) is 0 Å². The lowest BCUT2D eigenvalue weighted by Gasteiger charge is -2.16. The first kappa shape index (κ1) is 18.1. The Morgan fingerprint density at radius 2 is 1.69 bits per heavy atom. The van der Waals surface area contributed by atoms with Gasteiger partial charge in [-0.3, -0.25) is 0 Å². The molecule has 0 aliphatic rings. The molecule has 0 heterocycles. The molecule has 16 heavy (non-hydrogen) atoms. The van der Waals surface area contributed by atoms with Gasteiger partial charge in [0, 0.05) is 6.54 Å². The molecule has 0 radical (unpaired) electrons. The zero-order valence-electron chi connectivity index (χ0n) is 9.76. The highest BCUT2D eigenvalue weighted by atomic mass is 35.5. The van der Waals surface area contributed by atoms with Crippen LogP contribution in [-0.2, 0) is 6.54 Å². The van der Waals surface area contributed by atoms with Gasteiger partial charge in [0.2, 0.25) is 0 Å². The molecule has 0 atom stereocenters. The summed E-state index contributed by atoms with van der Waals surface area (Å²) in [6.07, 6.45) is 2.32. The third kappa shape index (κ3) is 7.94. The van der Waals surface area contributed by atoms with Crippen LogP contribution >= 0.6 is 24.8 Å². The zero-order valence-corrected chi connectivity index (χ0v) is 11.4. The van der Waals surface area contributed by atoms with Gasteiger partial charge in [0.1, 0.15) is 0 Å². The third-order valence-electron chi connectivity index (χ3n) is 2.29. The Morgan fingerprint density at radius 3 is 2.25 bits per heavy atom. The highest BCUT2D eigenvalue weighted by molar-refractivity contribution is 5.85. The molecule has 0 saturated carbocycles. The number of unbranched alkanes of at least 4 members (excludes halogenated alkanes) is 1. The van der Waals surface area contributed by atoms with E-state index in [-0.39, 0.29) is 24.8 Å². The molecular formula is C12H22Cl2N2. The first-order valence-electron chi connectivity index (χ1n) is 5.25. The molecule has 0 unspecified atom stereocenters. The molecule has 0 saturated heterocycles. The Balaban J connectivity index is 0. The van der Waals surface area contributed by atoms with Crippen molar-refractivity contribution in [3.05, 3.63) is 35.9 Å². The van der Waals surface area contributed by atoms with Crippen molar-refractivity contribution in [2.24, 2.45) is 5.73 Å². The number of benzene rings is 1. The predicted molar refractivity (Wildman–Crippen MR) is 75.6 cm³/mol. The van der Waals surface area contributed by atoms with Crippen molar-refractivity contribution in [2.45, 2.75) is 19.4 Å². The quantitative estimate of drug-likeness (QED) is 0.801. The van der Waals surface area contributed by atoms with Gasteiger partial charge in [-0.05, 0) is 38.5 Å². The van der Waals surface area contributed by atoms with Crippen LogP contribution in [0.4, 0.5) is 0 Å². The number of hydrogen-bond acceptors (Lipinski definition) is 2. The number of halogens is 2. The fourth-order valence-electron chi connectivity index (χ4n) is 1.50. The van der Waals surface area contributed by atoms with Gasteiger partial charge in [0.05, 0.1) is 0 Å². The SMILES string of the molecule is CN(CCCCN)Cc1ccccc1.Cl.Cl. The van der Waals surface area contributed by atoms with Gasteiger partial charge in [-0.15, -0.1) is 24.8 Å². The molecular weight excluding hydrogens is 243 g/mol. The van der Waals surface area contributed by atoms with Gasteiger partial charge < -0.3 is 10.6 Å². The summed E-state index contributed by atoms with van der Waals surface area (Å²) in [4.78, 5) is 2.34. The average molecular weight is 265 g/mol. The van der Waals surface area contributed by atoms with Crippen LogP contribution in [0, 0.1) is 0 Å². The molecule has 4 heteroatoms. The second-order valence-corrected chi connectivity index (χ2v) is 3.72. The molecule has 2 nitrogen and oxygen atoms in total. The predicted octanol–water partition coefficient (Wildman–Crippen LogP) is 2.70. The molecule has 94 valence electrons. The van der Waals surface area contributed by atoms with E-state index in [0.29, 0.717) is 0 Å². The van der Waals surface area contributed by atoms with Crippen LogP contribution in [0.25, 0.3) is 0 Å². The normalized spacial score (nSPS) is 9.44. The number of rotatable bonds is 6. The minimum Gasteiger partial charge on any atom is -0.330 e. The highest BCUT2D eigenvalue weighted by Gasteiger charge is 1.98. The van der Waals surface area contributed by atoms with Crippen LogP contribution in [0.1, 0.15) is 18.4 Å². The Kier molecular flexibility index (Phi) is 12.7. The molecule has 0 spiro atoms. The highest BCUT2D eigenvalue weighted by Crippen LogP contribution is 2.03. The van der Waals surface area contributed by atoms with Gasteiger partial charge >= 0.3 is 0 Å².